The number of aryl methyl sites for hydroxylation is 2. The molecule has 0 amide bonds. The second-order valence-electron chi connectivity index (χ2n) is 8.92. The molecule has 10 heteroatoms. The molecule has 0 aliphatic carbocycles. The van der Waals surface area contributed by atoms with Gasteiger partial charge in [0.15, 0.2) is 6.29 Å². The Bertz CT molecular complexity index is 1480. The van der Waals surface area contributed by atoms with Crippen molar-refractivity contribution < 1.29 is 9.47 Å². The number of hydrogen-bond donors (Lipinski definition) is 2. The number of fused-ring (bicyclic) bond motifs is 1. The van der Waals surface area contributed by atoms with Gasteiger partial charge in [0.1, 0.15) is 5.65 Å². The van der Waals surface area contributed by atoms with Crippen LogP contribution in [0, 0.1) is 13.8 Å². The van der Waals surface area contributed by atoms with Gasteiger partial charge in [-0.15, -0.1) is 0 Å². The summed E-state index contributed by atoms with van der Waals surface area (Å²) in [5, 5.41) is 4.05. The van der Waals surface area contributed by atoms with Crippen LogP contribution in [0.25, 0.3) is 33.4 Å². The quantitative estimate of drug-likeness (QED) is 0.422. The number of hydrogen-bond acceptors (Lipinski definition) is 8. The van der Waals surface area contributed by atoms with Crippen LogP contribution in [0.15, 0.2) is 47.4 Å². The van der Waals surface area contributed by atoms with Gasteiger partial charge < -0.3 is 20.5 Å². The molecule has 0 saturated carbocycles. The summed E-state index contributed by atoms with van der Waals surface area (Å²) in [6, 6.07) is 11.2. The topological polar surface area (TPSA) is 117 Å². The minimum atomic E-state index is -0.623. The molecule has 4 heterocycles. The van der Waals surface area contributed by atoms with Crippen molar-refractivity contribution in [2.75, 3.05) is 25.6 Å². The van der Waals surface area contributed by atoms with Gasteiger partial charge in [0, 0.05) is 46.0 Å². The van der Waals surface area contributed by atoms with Gasteiger partial charge in [-0.1, -0.05) is 23.7 Å². The Balaban J connectivity index is 1.61. The maximum Gasteiger partial charge on any atom is 0.260 e. The molecule has 9 nitrogen and oxygen atoms in total. The lowest BCUT2D eigenvalue weighted by Gasteiger charge is -2.28. The molecule has 3 N–H and O–H groups in total. The fraction of sp³-hybridized carbons (Fsp3) is 0.308. The van der Waals surface area contributed by atoms with Gasteiger partial charge >= 0.3 is 0 Å². The number of benzene rings is 1. The first kappa shape index (κ1) is 24.3. The summed E-state index contributed by atoms with van der Waals surface area (Å²) < 4.78 is 13.0. The van der Waals surface area contributed by atoms with Crippen molar-refractivity contribution in [1.82, 2.24) is 19.5 Å². The van der Waals surface area contributed by atoms with Crippen molar-refractivity contribution in [3.63, 3.8) is 0 Å². The minimum absolute atomic E-state index is 0.151. The number of anilines is 1. The van der Waals surface area contributed by atoms with E-state index in [2.05, 4.69) is 20.3 Å². The molecule has 0 spiro atoms. The molecule has 5 rings (SSSR count). The Hall–Kier alpha value is -3.37. The van der Waals surface area contributed by atoms with E-state index in [-0.39, 0.29) is 18.1 Å². The average molecular weight is 507 g/mol. The van der Waals surface area contributed by atoms with E-state index in [9.17, 15) is 4.79 Å². The van der Waals surface area contributed by atoms with Crippen LogP contribution in [-0.2, 0) is 16.0 Å². The molecule has 36 heavy (non-hydrogen) atoms. The van der Waals surface area contributed by atoms with Crippen molar-refractivity contribution in [1.29, 1.82) is 0 Å². The van der Waals surface area contributed by atoms with Crippen molar-refractivity contribution >= 4 is 28.6 Å². The predicted octanol–water partition coefficient (Wildman–Crippen LogP) is 3.53. The summed E-state index contributed by atoms with van der Waals surface area (Å²) in [6.07, 6.45) is 1.05. The maximum atomic E-state index is 13.8. The summed E-state index contributed by atoms with van der Waals surface area (Å²) in [5.41, 5.74) is 10.9. The Morgan fingerprint density at radius 3 is 2.58 bits per heavy atom. The number of nitrogens with one attached hydrogen (secondary N) is 1. The third-order valence-corrected chi connectivity index (χ3v) is 6.34. The number of nitrogens with zero attached hydrogens (tertiary/aromatic N) is 4. The van der Waals surface area contributed by atoms with Crippen molar-refractivity contribution in [2.24, 2.45) is 5.73 Å². The van der Waals surface area contributed by atoms with Gasteiger partial charge in [-0.2, -0.15) is 4.98 Å². The Labute approximate surface area is 213 Å². The highest BCUT2D eigenvalue weighted by Crippen LogP contribution is 2.32. The second kappa shape index (κ2) is 9.94. The maximum absolute atomic E-state index is 13.8. The van der Waals surface area contributed by atoms with Crippen LogP contribution in [0.4, 0.5) is 5.95 Å². The van der Waals surface area contributed by atoms with Crippen LogP contribution in [0.2, 0.25) is 5.02 Å². The van der Waals surface area contributed by atoms with E-state index < -0.39 is 6.29 Å². The molecule has 0 unspecified atom stereocenters. The minimum Gasteiger partial charge on any atom is -0.357 e. The fourth-order valence-electron chi connectivity index (χ4n) is 4.34. The molecule has 0 radical (unpaired) electrons. The van der Waals surface area contributed by atoms with E-state index in [0.717, 1.165) is 22.5 Å². The fourth-order valence-corrected chi connectivity index (χ4v) is 4.62. The smallest absolute Gasteiger partial charge is 0.260 e. The van der Waals surface area contributed by atoms with Crippen molar-refractivity contribution in [2.45, 2.75) is 32.7 Å². The summed E-state index contributed by atoms with van der Waals surface area (Å²) >= 11 is 6.74. The van der Waals surface area contributed by atoms with E-state index in [1.807, 2.05) is 44.2 Å². The van der Waals surface area contributed by atoms with Gasteiger partial charge in [-0.25, -0.2) is 4.98 Å². The lowest BCUT2D eigenvalue weighted by Crippen LogP contribution is -2.43. The predicted molar refractivity (Wildman–Crippen MR) is 140 cm³/mol. The molecule has 186 valence electrons. The number of aromatic nitrogens is 4. The second-order valence-corrected chi connectivity index (χ2v) is 9.33. The van der Waals surface area contributed by atoms with Gasteiger partial charge in [-0.05, 0) is 43.7 Å². The highest BCUT2D eigenvalue weighted by molar-refractivity contribution is 6.33. The SMILES string of the molecule is CNc1ncc2cc(-c3ccc(-c4cc(C)cc(C)n4)cc3Cl)c(=O)n(CC3OCC(N)CO3)c2n1. The van der Waals surface area contributed by atoms with Gasteiger partial charge in [0.2, 0.25) is 5.95 Å². The van der Waals surface area contributed by atoms with Crippen LogP contribution in [-0.4, -0.2) is 52.1 Å². The zero-order valence-corrected chi connectivity index (χ0v) is 21.0. The van der Waals surface area contributed by atoms with Crippen LogP contribution in [0.1, 0.15) is 11.3 Å². The first-order chi connectivity index (χ1) is 17.3. The van der Waals surface area contributed by atoms with Crippen LogP contribution in [0.5, 0.6) is 0 Å². The van der Waals surface area contributed by atoms with E-state index in [1.54, 1.807) is 23.9 Å². The molecular formula is C26H27ClN6O3. The first-order valence-corrected chi connectivity index (χ1v) is 12.0. The van der Waals surface area contributed by atoms with Crippen molar-refractivity contribution in [3.8, 4) is 22.4 Å². The van der Waals surface area contributed by atoms with Crippen LogP contribution < -0.4 is 16.6 Å². The molecule has 4 aromatic rings. The van der Waals surface area contributed by atoms with Gasteiger partial charge in [0.05, 0.1) is 31.5 Å². The molecule has 3 aromatic heterocycles. The molecule has 1 fully saturated rings. The average Bonchev–Trinajstić information content (AvgIpc) is 2.86. The zero-order valence-electron chi connectivity index (χ0n) is 20.3. The van der Waals surface area contributed by atoms with Gasteiger partial charge in [0.25, 0.3) is 5.56 Å². The third-order valence-electron chi connectivity index (χ3n) is 6.03. The van der Waals surface area contributed by atoms with E-state index in [0.29, 0.717) is 46.3 Å². The first-order valence-electron chi connectivity index (χ1n) is 11.6. The molecule has 1 aliphatic rings. The number of halogens is 1. The molecule has 1 aliphatic heterocycles. The van der Waals surface area contributed by atoms with Gasteiger partial charge in [-0.3, -0.25) is 14.3 Å². The number of rotatable bonds is 5. The highest BCUT2D eigenvalue weighted by Gasteiger charge is 2.23. The molecule has 0 bridgehead atoms. The zero-order chi connectivity index (χ0) is 25.4. The molecule has 0 atom stereocenters. The Morgan fingerprint density at radius 1 is 1.11 bits per heavy atom. The summed E-state index contributed by atoms with van der Waals surface area (Å²) in [4.78, 5) is 27.3. The van der Waals surface area contributed by atoms with Crippen molar-refractivity contribution in [3.05, 3.63) is 69.2 Å². The summed E-state index contributed by atoms with van der Waals surface area (Å²) in [5.74, 6) is 0.402. The van der Waals surface area contributed by atoms with E-state index >= 15 is 0 Å². The van der Waals surface area contributed by atoms with Crippen LogP contribution in [0.3, 0.4) is 0 Å². The largest absolute Gasteiger partial charge is 0.357 e. The highest BCUT2D eigenvalue weighted by atomic mass is 35.5. The molecule has 1 saturated heterocycles. The Morgan fingerprint density at radius 2 is 1.89 bits per heavy atom. The summed E-state index contributed by atoms with van der Waals surface area (Å²) in [7, 11) is 1.72. The van der Waals surface area contributed by atoms with E-state index in [4.69, 9.17) is 26.8 Å². The number of ether oxygens (including phenoxy) is 2. The summed E-state index contributed by atoms with van der Waals surface area (Å²) in [6.45, 7) is 4.85. The monoisotopic (exact) mass is 506 g/mol. The normalized spacial score (nSPS) is 17.9. The lowest BCUT2D eigenvalue weighted by atomic mass is 10.0. The number of pyridine rings is 2. The molecule has 1 aromatic carbocycles. The standard InChI is InChI=1S/C26H27ClN6O3/c1-14-6-15(2)31-22(7-14)16-4-5-19(21(27)9-16)20-8-17-10-30-26(29-3)32-24(17)33(25(20)34)11-23-35-12-18(28)13-36-23/h4-10,18,23H,11-13,28H2,1-3H3,(H,29,30,32). The van der Waals surface area contributed by atoms with Crippen LogP contribution >= 0.6 is 11.6 Å². The molecular weight excluding hydrogens is 480 g/mol. The van der Waals surface area contributed by atoms with E-state index in [1.165, 1.54) is 0 Å². The third kappa shape index (κ3) is 4.83. The lowest BCUT2D eigenvalue weighted by molar-refractivity contribution is -0.191. The Kier molecular flexibility index (Phi) is 6.72. The number of nitrogens with two attached hydrogens (primary N) is 1.